The van der Waals surface area contributed by atoms with E-state index in [4.69, 9.17) is 5.73 Å². The summed E-state index contributed by atoms with van der Waals surface area (Å²) in [4.78, 5) is 99.6. The van der Waals surface area contributed by atoms with Crippen LogP contribution in [0.3, 0.4) is 0 Å². The minimum Gasteiger partial charge on any atom is -0.481 e. The van der Waals surface area contributed by atoms with Gasteiger partial charge < -0.3 is 41.9 Å². The van der Waals surface area contributed by atoms with Crippen molar-refractivity contribution in [3.8, 4) is 0 Å². The molecule has 0 unspecified atom stereocenters. The van der Waals surface area contributed by atoms with Crippen LogP contribution in [0.4, 0.5) is 0 Å². The summed E-state index contributed by atoms with van der Waals surface area (Å²) < 4.78 is 11.7. The SMILES string of the molecule is NC(=O)C[C@@H]1NC(=O)C2(CCCCC2)NC(=O)[C@@H](CC(=O)O)[C@@H](c2ccc(CP(=O)(O)O)cc2)C/C=C\C[C@@H](C(=O)NCc2cccc3ccccc23)NC1=O. The first kappa shape index (κ1) is 41.8. The Morgan fingerprint density at radius 3 is 2.20 bits per heavy atom. The van der Waals surface area contributed by atoms with Crippen molar-refractivity contribution in [1.29, 1.82) is 0 Å². The Balaban J connectivity index is 1.52. The van der Waals surface area contributed by atoms with Crippen molar-refractivity contribution in [3.05, 3.63) is 95.6 Å². The third-order valence-electron chi connectivity index (χ3n) is 10.4. The van der Waals surface area contributed by atoms with Gasteiger partial charge in [0.1, 0.15) is 17.6 Å². The number of nitrogens with one attached hydrogen (secondary N) is 4. The van der Waals surface area contributed by atoms with Crippen LogP contribution in [0.5, 0.6) is 0 Å². The molecular formula is C40H48N5O10P. The molecule has 16 heteroatoms. The molecule has 56 heavy (non-hydrogen) atoms. The van der Waals surface area contributed by atoms with E-state index >= 15 is 0 Å². The molecule has 1 spiro atoms. The molecule has 0 radical (unpaired) electrons. The monoisotopic (exact) mass is 789 g/mol. The van der Waals surface area contributed by atoms with E-state index in [1.54, 1.807) is 24.3 Å². The van der Waals surface area contributed by atoms with Crippen molar-refractivity contribution in [2.24, 2.45) is 11.7 Å². The summed E-state index contributed by atoms with van der Waals surface area (Å²) in [5.74, 6) is -7.01. The lowest BCUT2D eigenvalue weighted by atomic mass is 9.77. The number of primary amides is 1. The lowest BCUT2D eigenvalue weighted by molar-refractivity contribution is -0.144. The number of rotatable bonds is 10. The Labute approximate surface area is 324 Å². The number of carboxylic acids is 1. The van der Waals surface area contributed by atoms with Crippen molar-refractivity contribution in [1.82, 2.24) is 21.3 Å². The van der Waals surface area contributed by atoms with Crippen LogP contribution in [0.25, 0.3) is 10.8 Å². The van der Waals surface area contributed by atoms with Gasteiger partial charge in [0.15, 0.2) is 0 Å². The highest BCUT2D eigenvalue weighted by Gasteiger charge is 2.45. The summed E-state index contributed by atoms with van der Waals surface area (Å²) in [6, 6.07) is 16.9. The molecule has 5 rings (SSSR count). The molecular weight excluding hydrogens is 741 g/mol. The third kappa shape index (κ3) is 11.1. The van der Waals surface area contributed by atoms with E-state index in [9.17, 15) is 48.2 Å². The van der Waals surface area contributed by atoms with Crippen molar-refractivity contribution in [3.63, 3.8) is 0 Å². The van der Waals surface area contributed by atoms with E-state index in [-0.39, 0.29) is 32.2 Å². The largest absolute Gasteiger partial charge is 0.481 e. The zero-order chi connectivity index (χ0) is 40.5. The Hall–Kier alpha value is -5.37. The van der Waals surface area contributed by atoms with Crippen LogP contribution < -0.4 is 27.0 Å². The standard InChI is InChI=1S/C40H48N5O10P/c41-34(46)22-33-38(51)43-32(37(50)42-23-28-11-8-10-26-9-2-3-12-29(26)28)14-5-4-13-30(27-17-15-25(16-18-27)24-56(53,54)55)31(21-35(47)48)36(49)45-40(39(52)44-33)19-6-1-7-20-40/h2-5,8-12,15-18,30-33H,1,6-7,13-14,19-24H2,(H2,41,46)(H,42,50)(H,43,51)(H,44,52)(H,45,49)(H,47,48)(H2,53,54,55)/b5-4-/t30-,31+,32+,33+/m1/s1. The molecule has 5 amide bonds. The first-order valence-corrected chi connectivity index (χ1v) is 20.4. The zero-order valence-electron chi connectivity index (χ0n) is 30.8. The maximum atomic E-state index is 14.3. The number of fused-ring (bicyclic) bond motifs is 1. The molecule has 0 aromatic heterocycles. The predicted octanol–water partition coefficient (Wildman–Crippen LogP) is 3.02. The molecule has 1 aliphatic carbocycles. The minimum atomic E-state index is -4.39. The molecule has 1 heterocycles. The van der Waals surface area contributed by atoms with Gasteiger partial charge in [-0.05, 0) is 59.1 Å². The number of hydrogen-bond acceptors (Lipinski definition) is 7. The van der Waals surface area contributed by atoms with E-state index in [1.165, 1.54) is 12.1 Å². The van der Waals surface area contributed by atoms with Gasteiger partial charge in [-0.2, -0.15) is 0 Å². The number of nitrogens with two attached hydrogens (primary N) is 1. The van der Waals surface area contributed by atoms with Crippen LogP contribution in [0.1, 0.15) is 80.4 Å². The smallest absolute Gasteiger partial charge is 0.329 e. The fourth-order valence-corrected chi connectivity index (χ4v) is 8.26. The van der Waals surface area contributed by atoms with Crippen LogP contribution in [0.15, 0.2) is 78.9 Å². The number of carboxylic acid groups (broad SMARTS) is 1. The van der Waals surface area contributed by atoms with Gasteiger partial charge in [0.2, 0.25) is 29.5 Å². The summed E-state index contributed by atoms with van der Waals surface area (Å²) in [6.07, 6.45) is 3.80. The Morgan fingerprint density at radius 2 is 1.52 bits per heavy atom. The van der Waals surface area contributed by atoms with Crippen LogP contribution in [0.2, 0.25) is 0 Å². The van der Waals surface area contributed by atoms with Gasteiger partial charge in [-0.15, -0.1) is 0 Å². The van der Waals surface area contributed by atoms with Crippen molar-refractivity contribution >= 4 is 53.9 Å². The second-order valence-electron chi connectivity index (χ2n) is 14.6. The normalized spacial score (nSPS) is 22.8. The van der Waals surface area contributed by atoms with Crippen molar-refractivity contribution in [2.75, 3.05) is 0 Å². The average Bonchev–Trinajstić information content (AvgIpc) is 3.15. The Kier molecular flexibility index (Phi) is 13.8. The number of carbonyl (C=O) groups excluding carboxylic acids is 5. The van der Waals surface area contributed by atoms with E-state index in [1.807, 2.05) is 42.5 Å². The summed E-state index contributed by atoms with van der Waals surface area (Å²) in [7, 11) is -4.39. The van der Waals surface area contributed by atoms with Crippen molar-refractivity contribution < 1.29 is 48.2 Å². The zero-order valence-corrected chi connectivity index (χ0v) is 31.7. The summed E-state index contributed by atoms with van der Waals surface area (Å²) >= 11 is 0. The second kappa shape index (κ2) is 18.5. The molecule has 298 valence electrons. The lowest BCUT2D eigenvalue weighted by Crippen LogP contribution is -2.64. The predicted molar refractivity (Wildman–Crippen MR) is 206 cm³/mol. The molecule has 9 N–H and O–H groups in total. The summed E-state index contributed by atoms with van der Waals surface area (Å²) in [6.45, 7) is 0.130. The van der Waals surface area contributed by atoms with Crippen LogP contribution >= 0.6 is 7.60 Å². The quantitative estimate of drug-likeness (QED) is 0.110. The summed E-state index contributed by atoms with van der Waals surface area (Å²) in [5.41, 5.74) is 5.64. The molecule has 1 fully saturated rings. The molecule has 1 aliphatic heterocycles. The molecule has 0 saturated heterocycles. The van der Waals surface area contributed by atoms with Crippen LogP contribution in [-0.4, -0.2) is 68.0 Å². The molecule has 4 atom stereocenters. The molecule has 15 nitrogen and oxygen atoms in total. The fraction of sp³-hybridized carbons (Fsp3) is 0.400. The number of aliphatic carboxylic acids is 1. The number of allylic oxidation sites excluding steroid dienone is 1. The summed E-state index contributed by atoms with van der Waals surface area (Å²) in [5, 5.41) is 23.0. The topological polar surface area (TPSA) is 254 Å². The molecule has 3 aromatic carbocycles. The molecule has 3 aromatic rings. The molecule has 0 bridgehead atoms. The van der Waals surface area contributed by atoms with E-state index in [2.05, 4.69) is 21.3 Å². The van der Waals surface area contributed by atoms with Gasteiger partial charge in [-0.3, -0.25) is 33.3 Å². The van der Waals surface area contributed by atoms with Gasteiger partial charge in [0, 0.05) is 6.54 Å². The highest BCUT2D eigenvalue weighted by Crippen LogP contribution is 2.40. The highest BCUT2D eigenvalue weighted by molar-refractivity contribution is 7.50. The van der Waals surface area contributed by atoms with E-state index in [0.717, 1.165) is 22.8 Å². The first-order chi connectivity index (χ1) is 26.6. The number of benzene rings is 3. The number of hydrogen-bond donors (Lipinski definition) is 8. The molecule has 2 aliphatic rings. The van der Waals surface area contributed by atoms with Gasteiger partial charge in [-0.1, -0.05) is 98.1 Å². The fourth-order valence-electron chi connectivity index (χ4n) is 7.58. The van der Waals surface area contributed by atoms with Gasteiger partial charge in [-0.25, -0.2) is 0 Å². The first-order valence-electron chi connectivity index (χ1n) is 18.6. The van der Waals surface area contributed by atoms with Crippen LogP contribution in [0, 0.1) is 5.92 Å². The molecule has 1 saturated carbocycles. The van der Waals surface area contributed by atoms with Gasteiger partial charge >= 0.3 is 13.6 Å². The van der Waals surface area contributed by atoms with Crippen LogP contribution in [-0.2, 0) is 46.0 Å². The lowest BCUT2D eigenvalue weighted by Gasteiger charge is -2.39. The maximum absolute atomic E-state index is 14.3. The van der Waals surface area contributed by atoms with Gasteiger partial charge in [0.05, 0.1) is 24.9 Å². The second-order valence-corrected chi connectivity index (χ2v) is 16.2. The number of carbonyl (C=O) groups is 6. The van der Waals surface area contributed by atoms with E-state index in [0.29, 0.717) is 24.0 Å². The third-order valence-corrected chi connectivity index (χ3v) is 11.2. The van der Waals surface area contributed by atoms with Crippen molar-refractivity contribution in [2.45, 2.75) is 94.0 Å². The Bertz CT molecular complexity index is 2020. The van der Waals surface area contributed by atoms with E-state index < -0.39 is 91.6 Å². The average molecular weight is 790 g/mol. The number of amides is 5. The minimum absolute atomic E-state index is 0.0575. The maximum Gasteiger partial charge on any atom is 0.329 e. The van der Waals surface area contributed by atoms with Gasteiger partial charge in [0.25, 0.3) is 0 Å². The highest BCUT2D eigenvalue weighted by atomic mass is 31.2. The Morgan fingerprint density at radius 1 is 0.839 bits per heavy atom.